The van der Waals surface area contributed by atoms with Crippen molar-refractivity contribution in [2.45, 2.75) is 12.8 Å². The predicted molar refractivity (Wildman–Crippen MR) is 122 cm³/mol. The van der Waals surface area contributed by atoms with Crippen LogP contribution in [-0.2, 0) is 9.59 Å². The molecule has 1 fully saturated rings. The van der Waals surface area contributed by atoms with Crippen molar-refractivity contribution in [3.05, 3.63) is 74.1 Å². The Morgan fingerprint density at radius 2 is 1.87 bits per heavy atom. The number of hydrogen-bond donors (Lipinski definition) is 1. The van der Waals surface area contributed by atoms with Gasteiger partial charge in [-0.1, -0.05) is 47.7 Å². The molecule has 1 N–H and O–H groups in total. The summed E-state index contributed by atoms with van der Waals surface area (Å²) in [7, 11) is 0. The number of nitrogens with one attached hydrogen (secondary N) is 1. The molecule has 0 saturated carbocycles. The minimum atomic E-state index is -0.505. The number of hydrogen-bond acceptors (Lipinski definition) is 6. The molecule has 2 amide bonds. The van der Waals surface area contributed by atoms with Gasteiger partial charge in [0.25, 0.3) is 11.6 Å². The summed E-state index contributed by atoms with van der Waals surface area (Å²) in [6, 6.07) is 12.7. The number of carbonyl (C=O) groups is 2. The van der Waals surface area contributed by atoms with E-state index in [-0.39, 0.29) is 23.9 Å². The third-order valence-electron chi connectivity index (χ3n) is 4.19. The smallest absolute Gasteiger partial charge is 0.269 e. The summed E-state index contributed by atoms with van der Waals surface area (Å²) in [5.41, 5.74) is 1.28. The van der Waals surface area contributed by atoms with Crippen LogP contribution in [0.4, 0.5) is 11.4 Å². The van der Waals surface area contributed by atoms with Crippen molar-refractivity contribution in [2.75, 3.05) is 11.9 Å². The monoisotopic (exact) mass is 461 g/mol. The van der Waals surface area contributed by atoms with Gasteiger partial charge in [0.1, 0.15) is 4.32 Å². The summed E-state index contributed by atoms with van der Waals surface area (Å²) in [4.78, 5) is 36.9. The second-order valence-electron chi connectivity index (χ2n) is 6.34. The van der Waals surface area contributed by atoms with Gasteiger partial charge in [-0.3, -0.25) is 24.6 Å². The molecule has 0 aliphatic carbocycles. The molecule has 1 heterocycles. The summed E-state index contributed by atoms with van der Waals surface area (Å²) in [5, 5.41) is 14.0. The number of benzene rings is 2. The lowest BCUT2D eigenvalue weighted by molar-refractivity contribution is -0.384. The maximum Gasteiger partial charge on any atom is 0.269 e. The Hall–Kier alpha value is -2.75. The molecule has 10 heteroatoms. The number of carbonyl (C=O) groups excluding carboxylic acids is 2. The van der Waals surface area contributed by atoms with Crippen molar-refractivity contribution < 1.29 is 14.5 Å². The van der Waals surface area contributed by atoms with Crippen LogP contribution >= 0.6 is 35.6 Å². The summed E-state index contributed by atoms with van der Waals surface area (Å²) in [6.07, 6.45) is 2.38. The van der Waals surface area contributed by atoms with Gasteiger partial charge >= 0.3 is 0 Å². The lowest BCUT2D eigenvalue weighted by Gasteiger charge is -2.14. The molecule has 3 rings (SSSR count). The summed E-state index contributed by atoms with van der Waals surface area (Å²) >= 11 is 12.4. The average Bonchev–Trinajstić information content (AvgIpc) is 2.97. The van der Waals surface area contributed by atoms with Crippen molar-refractivity contribution >= 4 is 69.2 Å². The molecule has 1 aliphatic heterocycles. The first-order valence-electron chi connectivity index (χ1n) is 8.89. The largest absolute Gasteiger partial charge is 0.326 e. The molecule has 1 saturated heterocycles. The quantitative estimate of drug-likeness (QED) is 0.274. The summed E-state index contributed by atoms with van der Waals surface area (Å²) in [6.45, 7) is 0.330. The van der Waals surface area contributed by atoms with Crippen molar-refractivity contribution in [1.82, 2.24) is 4.90 Å². The number of amides is 2. The first kappa shape index (κ1) is 21.9. The highest BCUT2D eigenvalue weighted by atomic mass is 35.5. The first-order valence-corrected chi connectivity index (χ1v) is 10.5. The molecule has 0 radical (unpaired) electrons. The van der Waals surface area contributed by atoms with Gasteiger partial charge in [-0.15, -0.1) is 0 Å². The van der Waals surface area contributed by atoms with Crippen LogP contribution in [0.25, 0.3) is 6.08 Å². The highest BCUT2D eigenvalue weighted by molar-refractivity contribution is 8.26. The molecule has 7 nitrogen and oxygen atoms in total. The minimum Gasteiger partial charge on any atom is -0.326 e. The molecule has 0 atom stereocenters. The Morgan fingerprint density at radius 3 is 2.50 bits per heavy atom. The normalized spacial score (nSPS) is 15.0. The Balaban J connectivity index is 1.51. The Labute approximate surface area is 187 Å². The summed E-state index contributed by atoms with van der Waals surface area (Å²) < 4.78 is 0.455. The molecule has 30 heavy (non-hydrogen) atoms. The first-order chi connectivity index (χ1) is 14.3. The molecular weight excluding hydrogens is 446 g/mol. The van der Waals surface area contributed by atoms with E-state index in [1.54, 1.807) is 18.2 Å². The van der Waals surface area contributed by atoms with E-state index in [1.165, 1.54) is 40.9 Å². The second-order valence-corrected chi connectivity index (χ2v) is 8.45. The third-order valence-corrected chi connectivity index (χ3v) is 5.82. The average molecular weight is 462 g/mol. The standard InChI is InChI=1S/C20H16ClN3O4S2/c21-14-5-3-13(4-6-14)12-17-19(26)23(20(29)30-17)11-1-2-18(25)22-15-7-9-16(10-8-15)24(27)28/h3-10,12H,1-2,11H2,(H,22,25)/b17-12-. The number of nitrogens with zero attached hydrogens (tertiary/aromatic N) is 2. The third kappa shape index (κ3) is 5.65. The van der Waals surface area contributed by atoms with Gasteiger partial charge in [-0.2, -0.15) is 0 Å². The number of nitro benzene ring substituents is 1. The number of anilines is 1. The topological polar surface area (TPSA) is 92.6 Å². The number of halogens is 1. The van der Waals surface area contributed by atoms with E-state index in [2.05, 4.69) is 5.32 Å². The number of nitro groups is 1. The van der Waals surface area contributed by atoms with Crippen molar-refractivity contribution in [3.8, 4) is 0 Å². The fourth-order valence-corrected chi connectivity index (χ4v) is 4.13. The van der Waals surface area contributed by atoms with Crippen LogP contribution in [0, 0.1) is 10.1 Å². The van der Waals surface area contributed by atoms with E-state index < -0.39 is 4.92 Å². The van der Waals surface area contributed by atoms with Crippen LogP contribution in [0.3, 0.4) is 0 Å². The summed E-state index contributed by atoms with van der Waals surface area (Å²) in [5.74, 6) is -0.429. The highest BCUT2D eigenvalue weighted by Crippen LogP contribution is 2.32. The number of thioether (sulfide) groups is 1. The van der Waals surface area contributed by atoms with Crippen LogP contribution in [-0.4, -0.2) is 32.5 Å². The Morgan fingerprint density at radius 1 is 1.20 bits per heavy atom. The molecule has 1 aliphatic rings. The van der Waals surface area contributed by atoms with Crippen molar-refractivity contribution in [1.29, 1.82) is 0 Å². The minimum absolute atomic E-state index is 0.0472. The molecule has 2 aromatic carbocycles. The Bertz CT molecular complexity index is 1020. The van der Waals surface area contributed by atoms with Crippen molar-refractivity contribution in [3.63, 3.8) is 0 Å². The lowest BCUT2D eigenvalue weighted by atomic mass is 10.2. The van der Waals surface area contributed by atoms with E-state index in [1.807, 2.05) is 12.1 Å². The number of thiocarbonyl (C=S) groups is 1. The maximum absolute atomic E-state index is 12.6. The predicted octanol–water partition coefficient (Wildman–Crippen LogP) is 4.87. The zero-order valence-electron chi connectivity index (χ0n) is 15.5. The second kappa shape index (κ2) is 9.84. The molecular formula is C20H16ClN3O4S2. The zero-order chi connectivity index (χ0) is 21.7. The van der Waals surface area contributed by atoms with Gasteiger partial charge in [-0.25, -0.2) is 0 Å². The van der Waals surface area contributed by atoms with Gasteiger partial charge in [0, 0.05) is 35.8 Å². The van der Waals surface area contributed by atoms with Gasteiger partial charge in [-0.05, 0) is 42.3 Å². The van der Waals surface area contributed by atoms with Crippen LogP contribution in [0.1, 0.15) is 18.4 Å². The zero-order valence-corrected chi connectivity index (χ0v) is 17.9. The molecule has 0 unspecified atom stereocenters. The highest BCUT2D eigenvalue weighted by Gasteiger charge is 2.31. The molecule has 2 aromatic rings. The molecule has 0 spiro atoms. The maximum atomic E-state index is 12.6. The SMILES string of the molecule is O=C(CCCN1C(=O)/C(=C/c2ccc(Cl)cc2)SC1=S)Nc1ccc([N+](=O)[O-])cc1. The molecule has 0 bridgehead atoms. The number of rotatable bonds is 7. The van der Waals surface area contributed by atoms with Crippen molar-refractivity contribution in [2.24, 2.45) is 0 Å². The van der Waals surface area contributed by atoms with Gasteiger partial charge in [0.05, 0.1) is 9.83 Å². The Kier molecular flexibility index (Phi) is 7.20. The van der Waals surface area contributed by atoms with Crippen LogP contribution in [0.5, 0.6) is 0 Å². The van der Waals surface area contributed by atoms with Gasteiger partial charge in [0.2, 0.25) is 5.91 Å². The van der Waals surface area contributed by atoms with Gasteiger partial charge < -0.3 is 5.32 Å². The van der Waals surface area contributed by atoms with E-state index in [4.69, 9.17) is 23.8 Å². The van der Waals surface area contributed by atoms with E-state index >= 15 is 0 Å². The molecule has 154 valence electrons. The number of non-ortho nitro benzene ring substituents is 1. The lowest BCUT2D eigenvalue weighted by Crippen LogP contribution is -2.29. The van der Waals surface area contributed by atoms with Crippen LogP contribution < -0.4 is 5.32 Å². The fourth-order valence-electron chi connectivity index (χ4n) is 2.69. The molecule has 0 aromatic heterocycles. The van der Waals surface area contributed by atoms with Crippen LogP contribution in [0.15, 0.2) is 53.4 Å². The fraction of sp³-hybridized carbons (Fsp3) is 0.150. The van der Waals surface area contributed by atoms with E-state index in [0.29, 0.717) is 32.9 Å². The van der Waals surface area contributed by atoms with E-state index in [0.717, 1.165) is 5.56 Å². The van der Waals surface area contributed by atoms with Gasteiger partial charge in [0.15, 0.2) is 0 Å². The van der Waals surface area contributed by atoms with Crippen LogP contribution in [0.2, 0.25) is 5.02 Å². The van der Waals surface area contributed by atoms with E-state index in [9.17, 15) is 19.7 Å².